The van der Waals surface area contributed by atoms with Crippen molar-refractivity contribution in [2.24, 2.45) is 0 Å². The van der Waals surface area contributed by atoms with Crippen molar-refractivity contribution >= 4 is 11.6 Å². The van der Waals surface area contributed by atoms with Gasteiger partial charge in [0.2, 0.25) is 0 Å². The van der Waals surface area contributed by atoms with Crippen LogP contribution in [0.1, 0.15) is 33.7 Å². The summed E-state index contributed by atoms with van der Waals surface area (Å²) in [5.41, 5.74) is 4.65. The van der Waals surface area contributed by atoms with E-state index in [1.54, 1.807) is 4.90 Å². The van der Waals surface area contributed by atoms with Gasteiger partial charge in [-0.3, -0.25) is 4.79 Å². The van der Waals surface area contributed by atoms with Gasteiger partial charge in [0.05, 0.1) is 5.69 Å². The van der Waals surface area contributed by atoms with Crippen molar-refractivity contribution in [3.05, 3.63) is 108 Å². The highest BCUT2D eigenvalue weighted by Gasteiger charge is 2.21. The van der Waals surface area contributed by atoms with Gasteiger partial charge in [-0.25, -0.2) is 4.98 Å². The molecule has 0 aliphatic heterocycles. The number of fused-ring (bicyclic) bond motifs is 1. The van der Waals surface area contributed by atoms with E-state index in [2.05, 4.69) is 34.6 Å². The number of amides is 1. The van der Waals surface area contributed by atoms with Crippen LogP contribution in [0.3, 0.4) is 0 Å². The summed E-state index contributed by atoms with van der Waals surface area (Å²) < 4.78 is 2.01. The number of nitrogens with zero attached hydrogens (tertiary/aromatic N) is 3. The summed E-state index contributed by atoms with van der Waals surface area (Å²) in [6.45, 7) is 2.03. The van der Waals surface area contributed by atoms with E-state index in [0.717, 1.165) is 36.3 Å². The number of hydrogen-bond acceptors (Lipinski definition) is 3. The maximum atomic E-state index is 13.2. The average Bonchev–Trinajstić information content (AvgIpc) is 3.18. The summed E-state index contributed by atoms with van der Waals surface area (Å²) in [4.78, 5) is 19.6. The lowest BCUT2D eigenvalue weighted by Gasteiger charge is -2.17. The Morgan fingerprint density at radius 2 is 1.61 bits per heavy atom. The van der Waals surface area contributed by atoms with E-state index in [-0.39, 0.29) is 5.91 Å². The Hall–Kier alpha value is -3.44. The molecule has 5 heteroatoms. The summed E-state index contributed by atoms with van der Waals surface area (Å²) in [7, 11) is 1.83. The molecule has 0 saturated heterocycles. The molecule has 0 aliphatic carbocycles. The van der Waals surface area contributed by atoms with E-state index >= 15 is 0 Å². The average molecular weight is 413 g/mol. The Kier molecular flexibility index (Phi) is 6.75. The first-order chi connectivity index (χ1) is 15.2. The molecule has 0 radical (unpaired) electrons. The van der Waals surface area contributed by atoms with Crippen LogP contribution in [-0.4, -0.2) is 33.8 Å². The largest absolute Gasteiger partial charge is 0.336 e. The van der Waals surface area contributed by atoms with Crippen molar-refractivity contribution in [3.8, 4) is 0 Å². The molecule has 0 unspecified atom stereocenters. The van der Waals surface area contributed by atoms with E-state index in [4.69, 9.17) is 0 Å². The number of imidazole rings is 1. The van der Waals surface area contributed by atoms with E-state index in [1.165, 1.54) is 5.56 Å². The molecule has 4 aromatic rings. The Morgan fingerprint density at radius 3 is 2.35 bits per heavy atom. The SMILES string of the molecule is CN(Cc1ccccc1)C(=O)c1nc2ccccn2c1CNCCCc1ccccc1. The standard InChI is InChI=1S/C26H28N4O/c1-29(20-22-13-6-3-7-14-22)26(31)25-23(30-18-9-8-16-24(30)28-25)19-27-17-10-15-21-11-4-2-5-12-21/h2-9,11-14,16,18,27H,10,15,17,19-20H2,1H3. The summed E-state index contributed by atoms with van der Waals surface area (Å²) in [5.74, 6) is -0.0614. The first-order valence-corrected chi connectivity index (χ1v) is 10.7. The number of carbonyl (C=O) groups excluding carboxylic acids is 1. The maximum Gasteiger partial charge on any atom is 0.274 e. The molecule has 0 fully saturated rings. The molecule has 1 amide bonds. The molecule has 31 heavy (non-hydrogen) atoms. The summed E-state index contributed by atoms with van der Waals surface area (Å²) in [5, 5.41) is 3.50. The van der Waals surface area contributed by atoms with Gasteiger partial charge in [0, 0.05) is 26.3 Å². The third-order valence-electron chi connectivity index (χ3n) is 5.39. The molecule has 0 aliphatic rings. The van der Waals surface area contributed by atoms with Crippen molar-refractivity contribution < 1.29 is 4.79 Å². The highest BCUT2D eigenvalue weighted by atomic mass is 16.2. The van der Waals surface area contributed by atoms with Gasteiger partial charge in [-0.2, -0.15) is 0 Å². The highest BCUT2D eigenvalue weighted by molar-refractivity contribution is 5.94. The number of hydrogen-bond donors (Lipinski definition) is 1. The maximum absolute atomic E-state index is 13.2. The predicted octanol–water partition coefficient (Wildman–Crippen LogP) is 4.33. The molecule has 2 aromatic heterocycles. The van der Waals surface area contributed by atoms with Gasteiger partial charge in [-0.15, -0.1) is 0 Å². The van der Waals surface area contributed by atoms with E-state index in [0.29, 0.717) is 18.8 Å². The third-order valence-corrected chi connectivity index (χ3v) is 5.39. The number of benzene rings is 2. The van der Waals surface area contributed by atoms with Crippen molar-refractivity contribution in [2.45, 2.75) is 25.9 Å². The molecule has 0 saturated carbocycles. The van der Waals surface area contributed by atoms with Crippen LogP contribution in [0.5, 0.6) is 0 Å². The van der Waals surface area contributed by atoms with Crippen LogP contribution >= 0.6 is 0 Å². The zero-order chi connectivity index (χ0) is 21.5. The van der Waals surface area contributed by atoms with Gasteiger partial charge in [0.25, 0.3) is 5.91 Å². The van der Waals surface area contributed by atoms with Crippen LogP contribution in [0.25, 0.3) is 5.65 Å². The summed E-state index contributed by atoms with van der Waals surface area (Å²) in [6.07, 6.45) is 4.04. The molecule has 0 atom stereocenters. The zero-order valence-corrected chi connectivity index (χ0v) is 17.9. The number of nitrogens with one attached hydrogen (secondary N) is 1. The minimum Gasteiger partial charge on any atom is -0.336 e. The van der Waals surface area contributed by atoms with Crippen molar-refractivity contribution in [1.82, 2.24) is 19.6 Å². The van der Waals surface area contributed by atoms with Crippen molar-refractivity contribution in [3.63, 3.8) is 0 Å². The second-order valence-corrected chi connectivity index (χ2v) is 7.75. The van der Waals surface area contributed by atoms with Crippen LogP contribution in [0.4, 0.5) is 0 Å². The number of carbonyl (C=O) groups is 1. The summed E-state index contributed by atoms with van der Waals surface area (Å²) >= 11 is 0. The molecule has 2 heterocycles. The molecule has 4 rings (SSSR count). The molecule has 1 N–H and O–H groups in total. The Balaban J connectivity index is 1.44. The first-order valence-electron chi connectivity index (χ1n) is 10.7. The third kappa shape index (κ3) is 5.19. The smallest absolute Gasteiger partial charge is 0.274 e. The highest BCUT2D eigenvalue weighted by Crippen LogP contribution is 2.16. The van der Waals surface area contributed by atoms with Gasteiger partial charge in [0.15, 0.2) is 5.69 Å². The second kappa shape index (κ2) is 10.0. The fourth-order valence-corrected chi connectivity index (χ4v) is 3.77. The zero-order valence-electron chi connectivity index (χ0n) is 17.9. The number of pyridine rings is 1. The lowest BCUT2D eigenvalue weighted by atomic mass is 10.1. The minimum atomic E-state index is -0.0614. The van der Waals surface area contributed by atoms with Crippen LogP contribution in [0.2, 0.25) is 0 Å². The van der Waals surface area contributed by atoms with Crippen LogP contribution in [0.15, 0.2) is 85.1 Å². The lowest BCUT2D eigenvalue weighted by molar-refractivity contribution is 0.0778. The Labute approximate surface area is 183 Å². The summed E-state index contributed by atoms with van der Waals surface area (Å²) in [6, 6.07) is 26.4. The van der Waals surface area contributed by atoms with Crippen molar-refractivity contribution in [2.75, 3.05) is 13.6 Å². The van der Waals surface area contributed by atoms with Gasteiger partial charge < -0.3 is 14.6 Å². The van der Waals surface area contributed by atoms with Crippen molar-refractivity contribution in [1.29, 1.82) is 0 Å². The minimum absolute atomic E-state index is 0.0614. The molecule has 0 bridgehead atoms. The molecular weight excluding hydrogens is 384 g/mol. The lowest BCUT2D eigenvalue weighted by Crippen LogP contribution is -2.28. The van der Waals surface area contributed by atoms with Gasteiger partial charge in [0.1, 0.15) is 5.65 Å². The fraction of sp³-hybridized carbons (Fsp3) is 0.231. The Bertz CT molecular complexity index is 1120. The molecule has 0 spiro atoms. The van der Waals surface area contributed by atoms with Gasteiger partial charge >= 0.3 is 0 Å². The second-order valence-electron chi connectivity index (χ2n) is 7.75. The quantitative estimate of drug-likeness (QED) is 0.416. The number of rotatable bonds is 9. The topological polar surface area (TPSA) is 49.6 Å². The number of aromatic nitrogens is 2. The van der Waals surface area contributed by atoms with Crippen LogP contribution in [0, 0.1) is 0 Å². The van der Waals surface area contributed by atoms with Gasteiger partial charge in [-0.1, -0.05) is 66.7 Å². The van der Waals surface area contributed by atoms with E-state index in [1.807, 2.05) is 72.2 Å². The monoisotopic (exact) mass is 412 g/mol. The predicted molar refractivity (Wildman–Crippen MR) is 124 cm³/mol. The molecule has 158 valence electrons. The van der Waals surface area contributed by atoms with E-state index in [9.17, 15) is 4.79 Å². The van der Waals surface area contributed by atoms with Crippen LogP contribution < -0.4 is 5.32 Å². The normalized spacial score (nSPS) is 11.0. The molecular formula is C26H28N4O. The van der Waals surface area contributed by atoms with Gasteiger partial charge in [-0.05, 0) is 42.6 Å². The molecule has 5 nitrogen and oxygen atoms in total. The molecule has 2 aromatic carbocycles. The Morgan fingerprint density at radius 1 is 0.935 bits per heavy atom. The van der Waals surface area contributed by atoms with Crippen LogP contribution in [-0.2, 0) is 19.5 Å². The fourth-order valence-electron chi connectivity index (χ4n) is 3.77. The first kappa shape index (κ1) is 20.8. The van der Waals surface area contributed by atoms with E-state index < -0.39 is 0 Å². The number of aryl methyl sites for hydroxylation is 1.